The zero-order valence-corrected chi connectivity index (χ0v) is 18.5. The van der Waals surface area contributed by atoms with Gasteiger partial charge in [-0.05, 0) is 62.3 Å². The van der Waals surface area contributed by atoms with Crippen molar-refractivity contribution in [2.45, 2.75) is 96.6 Å². The van der Waals surface area contributed by atoms with Gasteiger partial charge in [-0.2, -0.15) is 0 Å². The van der Waals surface area contributed by atoms with Gasteiger partial charge in [0, 0.05) is 28.8 Å². The van der Waals surface area contributed by atoms with Crippen molar-refractivity contribution in [3.63, 3.8) is 0 Å². The highest BCUT2D eigenvalue weighted by atomic mass is 32.2. The molecular weight excluding hydrogens is 350 g/mol. The third-order valence-electron chi connectivity index (χ3n) is 3.66. The second-order valence-electron chi connectivity index (χ2n) is 9.95. The number of carbonyl (C=O) groups is 3. The molecule has 0 bridgehead atoms. The highest BCUT2D eigenvalue weighted by Gasteiger charge is 2.44. The summed E-state index contributed by atoms with van der Waals surface area (Å²) in [7, 11) is 0. The number of imide groups is 1. The van der Waals surface area contributed by atoms with E-state index >= 15 is 0 Å². The fourth-order valence-electron chi connectivity index (χ4n) is 2.81. The first kappa shape index (κ1) is 23.0. The molecule has 0 aromatic carbocycles. The SMILES string of the molecule is CC(C)(C)NC(=O)C(CSC1CC(=O)N(C(C)(C)C)C1=O)NC(C)(C)C. The zero-order chi connectivity index (χ0) is 20.5. The van der Waals surface area contributed by atoms with Crippen LogP contribution in [-0.4, -0.2) is 56.3 Å². The molecule has 1 fully saturated rings. The number of nitrogens with zero attached hydrogens (tertiary/aromatic N) is 1. The predicted octanol–water partition coefficient (Wildman–Crippen LogP) is 2.32. The second-order valence-corrected chi connectivity index (χ2v) is 11.2. The standard InChI is InChI=1S/C19H35N3O3S/c1-17(2,3)20-12(15(24)21-18(4,5)6)11-26-13-10-14(23)22(16(13)25)19(7,8)9/h12-13,20H,10-11H2,1-9H3,(H,21,24). The molecule has 7 heteroatoms. The highest BCUT2D eigenvalue weighted by Crippen LogP contribution is 2.31. The van der Waals surface area contributed by atoms with E-state index in [1.54, 1.807) is 0 Å². The van der Waals surface area contributed by atoms with E-state index in [1.807, 2.05) is 62.3 Å². The van der Waals surface area contributed by atoms with E-state index in [-0.39, 0.29) is 35.2 Å². The molecule has 2 atom stereocenters. The maximum Gasteiger partial charge on any atom is 0.243 e. The lowest BCUT2D eigenvalue weighted by Crippen LogP contribution is -2.56. The number of hydrogen-bond acceptors (Lipinski definition) is 5. The van der Waals surface area contributed by atoms with Crippen LogP contribution in [0.15, 0.2) is 0 Å². The fourth-order valence-corrected chi connectivity index (χ4v) is 3.98. The Morgan fingerprint density at radius 3 is 2.00 bits per heavy atom. The zero-order valence-electron chi connectivity index (χ0n) is 17.6. The minimum atomic E-state index is -0.518. The summed E-state index contributed by atoms with van der Waals surface area (Å²) in [5, 5.41) is 5.90. The summed E-state index contributed by atoms with van der Waals surface area (Å²) in [4.78, 5) is 38.9. The van der Waals surface area contributed by atoms with Gasteiger partial charge in [-0.15, -0.1) is 11.8 Å². The molecule has 1 aliphatic heterocycles. The van der Waals surface area contributed by atoms with Crippen molar-refractivity contribution >= 4 is 29.5 Å². The van der Waals surface area contributed by atoms with Crippen LogP contribution in [0.5, 0.6) is 0 Å². The summed E-state index contributed by atoms with van der Waals surface area (Å²) in [5.74, 6) is 0.0444. The molecule has 0 spiro atoms. The van der Waals surface area contributed by atoms with Gasteiger partial charge in [0.05, 0.1) is 11.3 Å². The van der Waals surface area contributed by atoms with Crippen LogP contribution < -0.4 is 10.6 Å². The van der Waals surface area contributed by atoms with Gasteiger partial charge >= 0.3 is 0 Å². The van der Waals surface area contributed by atoms with Gasteiger partial charge in [0.15, 0.2) is 0 Å². The minimum Gasteiger partial charge on any atom is -0.350 e. The summed E-state index contributed by atoms with van der Waals surface area (Å²) in [6.07, 6.45) is 0.198. The van der Waals surface area contributed by atoms with Crippen molar-refractivity contribution in [1.29, 1.82) is 0 Å². The summed E-state index contributed by atoms with van der Waals surface area (Å²) < 4.78 is 0. The third-order valence-corrected chi connectivity index (χ3v) is 4.96. The van der Waals surface area contributed by atoms with E-state index in [2.05, 4.69) is 10.6 Å². The predicted molar refractivity (Wildman–Crippen MR) is 107 cm³/mol. The Balaban J connectivity index is 2.82. The first-order chi connectivity index (χ1) is 11.5. The van der Waals surface area contributed by atoms with Crippen LogP contribution in [0.4, 0.5) is 0 Å². The number of amides is 3. The maximum absolute atomic E-state index is 12.7. The van der Waals surface area contributed by atoms with Crippen molar-refractivity contribution in [1.82, 2.24) is 15.5 Å². The fraction of sp³-hybridized carbons (Fsp3) is 0.842. The van der Waals surface area contributed by atoms with Crippen LogP contribution in [0, 0.1) is 0 Å². The molecule has 2 unspecified atom stereocenters. The number of thioether (sulfide) groups is 1. The molecule has 1 aliphatic rings. The Morgan fingerprint density at radius 1 is 1.08 bits per heavy atom. The van der Waals surface area contributed by atoms with Gasteiger partial charge in [0.2, 0.25) is 17.7 Å². The number of carbonyl (C=O) groups excluding carboxylic acids is 3. The van der Waals surface area contributed by atoms with E-state index in [1.165, 1.54) is 16.7 Å². The molecule has 0 saturated carbocycles. The van der Waals surface area contributed by atoms with Crippen molar-refractivity contribution in [2.75, 3.05) is 5.75 Å². The minimum absolute atomic E-state index is 0.0932. The number of hydrogen-bond donors (Lipinski definition) is 2. The summed E-state index contributed by atoms with van der Waals surface area (Å²) >= 11 is 1.38. The molecule has 0 aromatic heterocycles. The van der Waals surface area contributed by atoms with Gasteiger partial charge in [0.25, 0.3) is 0 Å². The Morgan fingerprint density at radius 2 is 1.62 bits per heavy atom. The molecule has 26 heavy (non-hydrogen) atoms. The summed E-state index contributed by atoms with van der Waals surface area (Å²) in [6.45, 7) is 17.4. The molecule has 3 amide bonds. The van der Waals surface area contributed by atoms with E-state index in [0.29, 0.717) is 5.75 Å². The summed E-state index contributed by atoms with van der Waals surface area (Å²) in [6, 6.07) is -0.439. The smallest absolute Gasteiger partial charge is 0.243 e. The van der Waals surface area contributed by atoms with E-state index in [9.17, 15) is 14.4 Å². The molecule has 1 rings (SSSR count). The molecule has 150 valence electrons. The van der Waals surface area contributed by atoms with Crippen molar-refractivity contribution in [2.24, 2.45) is 0 Å². The van der Waals surface area contributed by atoms with Crippen LogP contribution in [0.2, 0.25) is 0 Å². The van der Waals surface area contributed by atoms with Crippen molar-refractivity contribution < 1.29 is 14.4 Å². The lowest BCUT2D eigenvalue weighted by Gasteiger charge is -2.31. The third kappa shape index (κ3) is 6.91. The average molecular weight is 386 g/mol. The first-order valence-corrected chi connectivity index (χ1v) is 10.1. The monoisotopic (exact) mass is 385 g/mol. The van der Waals surface area contributed by atoms with Gasteiger partial charge in [0.1, 0.15) is 0 Å². The molecule has 2 N–H and O–H groups in total. The van der Waals surface area contributed by atoms with Crippen LogP contribution in [0.1, 0.15) is 68.7 Å². The Bertz CT molecular complexity index is 556. The van der Waals surface area contributed by atoms with Crippen LogP contribution >= 0.6 is 11.8 Å². The van der Waals surface area contributed by atoms with E-state index < -0.39 is 16.8 Å². The normalized spacial score (nSPS) is 20.5. The largest absolute Gasteiger partial charge is 0.350 e. The Hall–Kier alpha value is -1.08. The van der Waals surface area contributed by atoms with Gasteiger partial charge in [-0.3, -0.25) is 19.3 Å². The van der Waals surface area contributed by atoms with E-state index in [0.717, 1.165) is 0 Å². The number of likely N-dealkylation sites (tertiary alicyclic amines) is 1. The Labute approximate surface area is 162 Å². The average Bonchev–Trinajstić information content (AvgIpc) is 2.65. The molecule has 1 saturated heterocycles. The van der Waals surface area contributed by atoms with Crippen LogP contribution in [0.25, 0.3) is 0 Å². The number of nitrogens with one attached hydrogen (secondary N) is 2. The molecule has 1 heterocycles. The summed E-state index contributed by atoms with van der Waals surface area (Å²) in [5.41, 5.74) is -1.09. The molecular formula is C19H35N3O3S. The number of rotatable bonds is 5. The van der Waals surface area contributed by atoms with Crippen LogP contribution in [-0.2, 0) is 14.4 Å². The lowest BCUT2D eigenvalue weighted by atomic mass is 10.1. The topological polar surface area (TPSA) is 78.5 Å². The maximum atomic E-state index is 12.7. The second kappa shape index (κ2) is 7.89. The highest BCUT2D eigenvalue weighted by molar-refractivity contribution is 8.00. The van der Waals surface area contributed by atoms with Crippen molar-refractivity contribution in [3.05, 3.63) is 0 Å². The lowest BCUT2D eigenvalue weighted by molar-refractivity contribution is -0.143. The first-order valence-electron chi connectivity index (χ1n) is 9.09. The van der Waals surface area contributed by atoms with Gasteiger partial charge in [-0.25, -0.2) is 0 Å². The quantitative estimate of drug-likeness (QED) is 0.710. The molecule has 0 aromatic rings. The molecule has 0 aliphatic carbocycles. The van der Waals surface area contributed by atoms with Crippen LogP contribution in [0.3, 0.4) is 0 Å². The molecule has 0 radical (unpaired) electrons. The van der Waals surface area contributed by atoms with Gasteiger partial charge in [-0.1, -0.05) is 0 Å². The van der Waals surface area contributed by atoms with E-state index in [4.69, 9.17) is 0 Å². The Kier molecular flexibility index (Phi) is 6.96. The van der Waals surface area contributed by atoms with Crippen molar-refractivity contribution in [3.8, 4) is 0 Å². The van der Waals surface area contributed by atoms with Gasteiger partial charge < -0.3 is 10.6 Å². The molecule has 6 nitrogen and oxygen atoms in total.